The number of nitrogens with zero attached hydrogens (tertiary/aromatic N) is 1. The molecule has 0 atom stereocenters. The lowest BCUT2D eigenvalue weighted by atomic mass is 9.90. The van der Waals surface area contributed by atoms with E-state index in [-0.39, 0.29) is 0 Å². The quantitative estimate of drug-likeness (QED) is 0.620. The van der Waals surface area contributed by atoms with Gasteiger partial charge in [-0.25, -0.2) is 0 Å². The number of anilines is 1. The summed E-state index contributed by atoms with van der Waals surface area (Å²) in [5, 5.41) is 3.23. The zero-order valence-corrected chi connectivity index (χ0v) is 10.5. The van der Waals surface area contributed by atoms with Gasteiger partial charge in [0.1, 0.15) is 0 Å². The number of rotatable bonds is 3. The van der Waals surface area contributed by atoms with Crippen LogP contribution in [0.2, 0.25) is 0 Å². The predicted molar refractivity (Wildman–Crippen MR) is 73.5 cm³/mol. The van der Waals surface area contributed by atoms with Gasteiger partial charge in [-0.3, -0.25) is 4.99 Å². The molecule has 1 aliphatic rings. The Morgan fingerprint density at radius 2 is 2.18 bits per heavy atom. The van der Waals surface area contributed by atoms with Gasteiger partial charge in [-0.15, -0.1) is 0 Å². The highest BCUT2D eigenvalue weighted by Gasteiger charge is 2.12. The van der Waals surface area contributed by atoms with Crippen molar-refractivity contribution < 1.29 is 0 Å². The first kappa shape index (κ1) is 12.0. The molecule has 92 valence electrons. The summed E-state index contributed by atoms with van der Waals surface area (Å²) >= 11 is 0. The van der Waals surface area contributed by atoms with E-state index in [0.717, 1.165) is 25.1 Å². The fourth-order valence-electron chi connectivity index (χ4n) is 2.31. The molecular formula is C14H21N3. The largest absolute Gasteiger partial charge is 0.370 e. The third-order valence-corrected chi connectivity index (χ3v) is 3.16. The van der Waals surface area contributed by atoms with Crippen molar-refractivity contribution in [2.75, 3.05) is 11.9 Å². The van der Waals surface area contributed by atoms with E-state index in [9.17, 15) is 0 Å². The number of aryl methyl sites for hydroxylation is 1. The van der Waals surface area contributed by atoms with Crippen LogP contribution >= 0.6 is 0 Å². The highest BCUT2D eigenvalue weighted by molar-refractivity contribution is 5.93. The smallest absolute Gasteiger partial charge is 0.193 e. The number of guanidine groups is 1. The molecule has 0 unspecified atom stereocenters. The van der Waals surface area contributed by atoms with Gasteiger partial charge >= 0.3 is 0 Å². The van der Waals surface area contributed by atoms with Crippen LogP contribution in [0, 0.1) is 0 Å². The Morgan fingerprint density at radius 3 is 3.00 bits per heavy atom. The molecular weight excluding hydrogens is 210 g/mol. The van der Waals surface area contributed by atoms with Crippen molar-refractivity contribution in [3.63, 3.8) is 0 Å². The molecule has 1 aliphatic carbocycles. The molecule has 0 spiro atoms. The number of nitrogens with two attached hydrogens (primary N) is 1. The maximum Gasteiger partial charge on any atom is 0.193 e. The molecule has 3 N–H and O–H groups in total. The maximum atomic E-state index is 5.86. The summed E-state index contributed by atoms with van der Waals surface area (Å²) in [6.45, 7) is 2.88. The first-order chi connectivity index (χ1) is 8.31. The fourth-order valence-corrected chi connectivity index (χ4v) is 2.31. The SMILES string of the molecule is CCCN=C(N)Nc1cccc2c1CCCC2. The molecule has 1 aromatic rings. The second-order valence-electron chi connectivity index (χ2n) is 4.54. The van der Waals surface area contributed by atoms with Crippen LogP contribution in [0.3, 0.4) is 0 Å². The monoisotopic (exact) mass is 231 g/mol. The van der Waals surface area contributed by atoms with Crippen molar-refractivity contribution in [3.05, 3.63) is 29.3 Å². The average molecular weight is 231 g/mol. The lowest BCUT2D eigenvalue weighted by Gasteiger charge is -2.19. The molecule has 0 fully saturated rings. The number of hydrogen-bond acceptors (Lipinski definition) is 1. The van der Waals surface area contributed by atoms with Crippen LogP contribution in [-0.2, 0) is 12.8 Å². The van der Waals surface area contributed by atoms with E-state index in [4.69, 9.17) is 5.73 Å². The second-order valence-corrected chi connectivity index (χ2v) is 4.54. The Hall–Kier alpha value is -1.51. The van der Waals surface area contributed by atoms with Crippen molar-refractivity contribution >= 4 is 11.6 Å². The first-order valence-electron chi connectivity index (χ1n) is 6.49. The third-order valence-electron chi connectivity index (χ3n) is 3.16. The van der Waals surface area contributed by atoms with Crippen molar-refractivity contribution in [2.24, 2.45) is 10.7 Å². The molecule has 3 heteroatoms. The number of aliphatic imine (C=N–C) groups is 1. The lowest BCUT2D eigenvalue weighted by molar-refractivity contribution is 0.687. The zero-order valence-electron chi connectivity index (χ0n) is 10.5. The summed E-state index contributed by atoms with van der Waals surface area (Å²) in [5.41, 5.74) is 9.89. The topological polar surface area (TPSA) is 50.4 Å². The molecule has 0 heterocycles. The predicted octanol–water partition coefficient (Wildman–Crippen LogP) is 2.70. The van der Waals surface area contributed by atoms with Gasteiger partial charge in [0.25, 0.3) is 0 Å². The van der Waals surface area contributed by atoms with E-state index in [1.54, 1.807) is 0 Å². The van der Waals surface area contributed by atoms with Gasteiger partial charge in [0.15, 0.2) is 5.96 Å². The number of benzene rings is 1. The van der Waals surface area contributed by atoms with Gasteiger partial charge in [0.2, 0.25) is 0 Å². The van der Waals surface area contributed by atoms with Gasteiger partial charge in [-0.2, -0.15) is 0 Å². The minimum Gasteiger partial charge on any atom is -0.370 e. The van der Waals surface area contributed by atoms with Crippen LogP contribution in [0.15, 0.2) is 23.2 Å². The Morgan fingerprint density at radius 1 is 1.35 bits per heavy atom. The molecule has 0 saturated heterocycles. The normalized spacial score (nSPS) is 15.5. The number of nitrogens with one attached hydrogen (secondary N) is 1. The fraction of sp³-hybridized carbons (Fsp3) is 0.500. The first-order valence-corrected chi connectivity index (χ1v) is 6.49. The second kappa shape index (κ2) is 5.71. The van der Waals surface area contributed by atoms with Crippen LogP contribution in [-0.4, -0.2) is 12.5 Å². The lowest BCUT2D eigenvalue weighted by Crippen LogP contribution is -2.24. The van der Waals surface area contributed by atoms with E-state index in [1.807, 2.05) is 0 Å². The standard InChI is InChI=1S/C14H21N3/c1-2-10-16-14(15)17-13-9-5-7-11-6-3-4-8-12(11)13/h5,7,9H,2-4,6,8,10H2,1H3,(H3,15,16,17). The van der Waals surface area contributed by atoms with Gasteiger partial charge in [-0.1, -0.05) is 19.1 Å². The molecule has 0 aromatic heterocycles. The van der Waals surface area contributed by atoms with Crippen LogP contribution < -0.4 is 11.1 Å². The Bertz CT molecular complexity index is 410. The summed E-state index contributed by atoms with van der Waals surface area (Å²) in [4.78, 5) is 4.27. The van der Waals surface area contributed by atoms with Gasteiger partial charge < -0.3 is 11.1 Å². The molecule has 3 nitrogen and oxygen atoms in total. The van der Waals surface area contributed by atoms with Crippen molar-refractivity contribution in [1.29, 1.82) is 0 Å². The van der Waals surface area contributed by atoms with Crippen molar-refractivity contribution in [1.82, 2.24) is 0 Å². The van der Waals surface area contributed by atoms with Crippen molar-refractivity contribution in [3.8, 4) is 0 Å². The van der Waals surface area contributed by atoms with Crippen molar-refractivity contribution in [2.45, 2.75) is 39.0 Å². The summed E-state index contributed by atoms with van der Waals surface area (Å²) < 4.78 is 0. The molecule has 17 heavy (non-hydrogen) atoms. The van der Waals surface area contributed by atoms with Crippen LogP contribution in [0.4, 0.5) is 5.69 Å². The highest BCUT2D eigenvalue weighted by atomic mass is 15.1. The zero-order chi connectivity index (χ0) is 12.1. The van der Waals surface area contributed by atoms with E-state index in [1.165, 1.54) is 30.4 Å². The summed E-state index contributed by atoms with van der Waals surface area (Å²) in [7, 11) is 0. The maximum absolute atomic E-state index is 5.86. The average Bonchev–Trinajstić information content (AvgIpc) is 2.37. The number of hydrogen-bond donors (Lipinski definition) is 2. The van der Waals surface area contributed by atoms with Crippen LogP contribution in [0.1, 0.15) is 37.3 Å². The Kier molecular flexibility index (Phi) is 4.02. The van der Waals surface area contributed by atoms with E-state index in [2.05, 4.69) is 35.4 Å². The minimum absolute atomic E-state index is 0.533. The molecule has 2 rings (SSSR count). The van der Waals surface area contributed by atoms with Crippen LogP contribution in [0.25, 0.3) is 0 Å². The van der Waals surface area contributed by atoms with E-state index in [0.29, 0.717) is 5.96 Å². The Balaban J connectivity index is 2.15. The van der Waals surface area contributed by atoms with Gasteiger partial charge in [0.05, 0.1) is 0 Å². The third kappa shape index (κ3) is 2.99. The highest BCUT2D eigenvalue weighted by Crippen LogP contribution is 2.27. The molecule has 0 amide bonds. The molecule has 1 aromatic carbocycles. The molecule has 0 bridgehead atoms. The Labute approximate surface area is 103 Å². The minimum atomic E-state index is 0.533. The van der Waals surface area contributed by atoms with Gasteiger partial charge in [0, 0.05) is 12.2 Å². The van der Waals surface area contributed by atoms with E-state index < -0.39 is 0 Å². The summed E-state index contributed by atoms with van der Waals surface area (Å²) in [6, 6.07) is 6.41. The molecule has 0 saturated carbocycles. The summed E-state index contributed by atoms with van der Waals surface area (Å²) in [6.07, 6.45) is 5.94. The van der Waals surface area contributed by atoms with Gasteiger partial charge in [-0.05, 0) is 49.3 Å². The number of fused-ring (bicyclic) bond motifs is 1. The van der Waals surface area contributed by atoms with E-state index >= 15 is 0 Å². The summed E-state index contributed by atoms with van der Waals surface area (Å²) in [5.74, 6) is 0.533. The molecule has 0 aliphatic heterocycles. The molecule has 0 radical (unpaired) electrons. The van der Waals surface area contributed by atoms with Crippen LogP contribution in [0.5, 0.6) is 0 Å².